The van der Waals surface area contributed by atoms with Gasteiger partial charge in [-0.05, 0) is 25.8 Å². The third-order valence-corrected chi connectivity index (χ3v) is 2.81. The van der Waals surface area contributed by atoms with Crippen LogP contribution in [0.15, 0.2) is 6.07 Å². The Bertz CT molecular complexity index is 427. The molecule has 0 saturated carbocycles. The van der Waals surface area contributed by atoms with Crippen LogP contribution >= 0.6 is 12.2 Å². The van der Waals surface area contributed by atoms with Crippen LogP contribution in [-0.2, 0) is 0 Å². The fourth-order valence-corrected chi connectivity index (χ4v) is 2.31. The lowest BCUT2D eigenvalue weighted by atomic mass is 10.1. The maximum Gasteiger partial charge on any atom is 0.107 e. The van der Waals surface area contributed by atoms with Gasteiger partial charge in [0, 0.05) is 25.0 Å². The Hall–Kier alpha value is -1.16. The maximum absolute atomic E-state index is 5.80. The number of pyridine rings is 1. The van der Waals surface area contributed by atoms with E-state index in [0.29, 0.717) is 10.9 Å². The van der Waals surface area contributed by atoms with E-state index in [0.717, 1.165) is 29.2 Å². The average Bonchev–Trinajstić information content (AvgIpc) is 2.14. The summed E-state index contributed by atoms with van der Waals surface area (Å²) in [5.41, 5.74) is 9.67. The predicted molar refractivity (Wildman–Crippen MR) is 77.7 cm³/mol. The molecule has 17 heavy (non-hydrogen) atoms. The van der Waals surface area contributed by atoms with Gasteiger partial charge in [0.1, 0.15) is 4.99 Å². The molecule has 1 aromatic heterocycles. The minimum Gasteiger partial charge on any atom is -0.389 e. The summed E-state index contributed by atoms with van der Waals surface area (Å²) in [5.74, 6) is 0.591. The number of nitrogens with two attached hydrogens (primary N) is 1. The number of anilines is 1. The van der Waals surface area contributed by atoms with E-state index in [-0.39, 0.29) is 0 Å². The predicted octanol–water partition coefficient (Wildman–Crippen LogP) is 2.42. The van der Waals surface area contributed by atoms with Crippen molar-refractivity contribution in [2.24, 2.45) is 11.7 Å². The van der Waals surface area contributed by atoms with Crippen LogP contribution < -0.4 is 10.6 Å². The Morgan fingerprint density at radius 3 is 2.53 bits per heavy atom. The number of hydrogen-bond acceptors (Lipinski definition) is 3. The molecule has 0 spiro atoms. The van der Waals surface area contributed by atoms with Crippen LogP contribution in [0.25, 0.3) is 0 Å². The van der Waals surface area contributed by atoms with E-state index in [4.69, 9.17) is 18.0 Å². The Morgan fingerprint density at radius 2 is 2.06 bits per heavy atom. The summed E-state index contributed by atoms with van der Waals surface area (Å²) in [6, 6.07) is 2.05. The zero-order valence-electron chi connectivity index (χ0n) is 11.2. The minimum atomic E-state index is 0.417. The van der Waals surface area contributed by atoms with E-state index in [9.17, 15) is 0 Å². The van der Waals surface area contributed by atoms with Crippen molar-refractivity contribution in [2.75, 3.05) is 18.5 Å². The minimum absolute atomic E-state index is 0.417. The van der Waals surface area contributed by atoms with E-state index >= 15 is 0 Å². The molecular formula is C13H21N3S. The fourth-order valence-electron chi connectivity index (χ4n) is 2.06. The summed E-state index contributed by atoms with van der Waals surface area (Å²) in [5, 5.41) is 0. The highest BCUT2D eigenvalue weighted by molar-refractivity contribution is 7.80. The van der Waals surface area contributed by atoms with Crippen molar-refractivity contribution in [1.29, 1.82) is 0 Å². The molecule has 1 aromatic rings. The first kappa shape index (κ1) is 13.9. The van der Waals surface area contributed by atoms with Crippen molar-refractivity contribution in [3.8, 4) is 0 Å². The average molecular weight is 251 g/mol. The van der Waals surface area contributed by atoms with Gasteiger partial charge in [0.15, 0.2) is 0 Å². The molecular weight excluding hydrogens is 230 g/mol. The lowest BCUT2D eigenvalue weighted by Gasteiger charge is -2.25. The Kier molecular flexibility index (Phi) is 4.46. The second kappa shape index (κ2) is 5.45. The van der Waals surface area contributed by atoms with Gasteiger partial charge in [0.25, 0.3) is 0 Å². The Labute approximate surface area is 109 Å². The molecule has 3 nitrogen and oxygen atoms in total. The van der Waals surface area contributed by atoms with Gasteiger partial charge in [-0.2, -0.15) is 0 Å². The van der Waals surface area contributed by atoms with Gasteiger partial charge < -0.3 is 10.6 Å². The molecule has 0 unspecified atom stereocenters. The quantitative estimate of drug-likeness (QED) is 0.835. The normalized spacial score (nSPS) is 10.7. The Balaban J connectivity index is 3.25. The maximum atomic E-state index is 5.80. The lowest BCUT2D eigenvalue weighted by Crippen LogP contribution is -2.27. The standard InChI is InChI=1S/C13H21N3S/c1-8(2)7-16(5)11-6-9(3)15-10(4)12(11)13(14)17/h6,8H,7H2,1-5H3,(H2,14,17). The van der Waals surface area contributed by atoms with Crippen LogP contribution in [0, 0.1) is 19.8 Å². The smallest absolute Gasteiger partial charge is 0.107 e. The summed E-state index contributed by atoms with van der Waals surface area (Å²) in [6.07, 6.45) is 0. The highest BCUT2D eigenvalue weighted by Gasteiger charge is 2.15. The molecule has 4 heteroatoms. The molecule has 0 atom stereocenters. The van der Waals surface area contributed by atoms with Gasteiger partial charge in [0.05, 0.1) is 11.3 Å². The van der Waals surface area contributed by atoms with E-state index in [1.165, 1.54) is 0 Å². The van der Waals surface area contributed by atoms with E-state index in [1.54, 1.807) is 0 Å². The molecule has 0 radical (unpaired) electrons. The van der Waals surface area contributed by atoms with Gasteiger partial charge >= 0.3 is 0 Å². The van der Waals surface area contributed by atoms with Crippen molar-refractivity contribution < 1.29 is 0 Å². The first-order chi connectivity index (χ1) is 7.82. The summed E-state index contributed by atoms with van der Waals surface area (Å²) in [6.45, 7) is 9.30. The number of rotatable bonds is 4. The van der Waals surface area contributed by atoms with Gasteiger partial charge in [-0.25, -0.2) is 0 Å². The van der Waals surface area contributed by atoms with Gasteiger partial charge in [-0.3, -0.25) is 4.98 Å². The van der Waals surface area contributed by atoms with E-state index in [2.05, 4.69) is 30.8 Å². The highest BCUT2D eigenvalue weighted by Crippen LogP contribution is 2.23. The largest absolute Gasteiger partial charge is 0.389 e. The van der Waals surface area contributed by atoms with Crippen LogP contribution in [-0.4, -0.2) is 23.6 Å². The monoisotopic (exact) mass is 251 g/mol. The molecule has 0 aliphatic rings. The number of aryl methyl sites for hydroxylation is 2. The molecule has 0 saturated heterocycles. The summed E-state index contributed by atoms with van der Waals surface area (Å²) < 4.78 is 0. The number of nitrogens with zero attached hydrogens (tertiary/aromatic N) is 2. The van der Waals surface area contributed by atoms with Crippen LogP contribution in [0.5, 0.6) is 0 Å². The first-order valence-corrected chi connectivity index (χ1v) is 6.23. The molecule has 2 N–H and O–H groups in total. The summed E-state index contributed by atoms with van der Waals surface area (Å²) in [7, 11) is 2.07. The lowest BCUT2D eigenvalue weighted by molar-refractivity contribution is 0.638. The molecule has 94 valence electrons. The second-order valence-corrected chi connectivity index (χ2v) is 5.32. The third-order valence-electron chi connectivity index (χ3n) is 2.60. The molecule has 1 rings (SSSR count). The van der Waals surface area contributed by atoms with Crippen molar-refractivity contribution in [1.82, 2.24) is 4.98 Å². The fraction of sp³-hybridized carbons (Fsp3) is 0.538. The molecule has 0 aromatic carbocycles. The van der Waals surface area contributed by atoms with Crippen molar-refractivity contribution in [2.45, 2.75) is 27.7 Å². The molecule has 1 heterocycles. The molecule has 0 fully saturated rings. The molecule has 0 aliphatic carbocycles. The number of aromatic nitrogens is 1. The van der Waals surface area contributed by atoms with Crippen LogP contribution in [0.1, 0.15) is 30.8 Å². The van der Waals surface area contributed by atoms with Gasteiger partial charge in [-0.1, -0.05) is 26.1 Å². The van der Waals surface area contributed by atoms with Crippen LogP contribution in [0.3, 0.4) is 0 Å². The third kappa shape index (κ3) is 3.40. The van der Waals surface area contributed by atoms with E-state index in [1.807, 2.05) is 19.9 Å². The summed E-state index contributed by atoms with van der Waals surface area (Å²) >= 11 is 5.12. The van der Waals surface area contributed by atoms with Crippen molar-refractivity contribution >= 4 is 22.9 Å². The van der Waals surface area contributed by atoms with Crippen LogP contribution in [0.4, 0.5) is 5.69 Å². The zero-order chi connectivity index (χ0) is 13.2. The van der Waals surface area contributed by atoms with Crippen molar-refractivity contribution in [3.63, 3.8) is 0 Å². The molecule has 0 bridgehead atoms. The van der Waals surface area contributed by atoms with Crippen LogP contribution in [0.2, 0.25) is 0 Å². The van der Waals surface area contributed by atoms with Gasteiger partial charge in [0.2, 0.25) is 0 Å². The Morgan fingerprint density at radius 1 is 1.47 bits per heavy atom. The molecule has 0 amide bonds. The van der Waals surface area contributed by atoms with Crippen molar-refractivity contribution in [3.05, 3.63) is 23.0 Å². The SMILES string of the molecule is Cc1cc(N(C)CC(C)C)c(C(N)=S)c(C)n1. The highest BCUT2D eigenvalue weighted by atomic mass is 32.1. The summed E-state index contributed by atoms with van der Waals surface area (Å²) in [4.78, 5) is 7.04. The molecule has 0 aliphatic heterocycles. The first-order valence-electron chi connectivity index (χ1n) is 5.82. The number of hydrogen-bond donors (Lipinski definition) is 1. The topological polar surface area (TPSA) is 42.1 Å². The number of thiocarbonyl (C=S) groups is 1. The van der Waals surface area contributed by atoms with E-state index < -0.39 is 0 Å². The zero-order valence-corrected chi connectivity index (χ0v) is 12.1. The van der Waals surface area contributed by atoms with Gasteiger partial charge in [-0.15, -0.1) is 0 Å². The second-order valence-electron chi connectivity index (χ2n) is 4.88.